The lowest BCUT2D eigenvalue weighted by atomic mass is 10.2. The number of aliphatic hydroxyl groups excluding tert-OH is 1. The molecule has 0 saturated heterocycles. The van der Waals surface area contributed by atoms with Crippen LogP contribution in [-0.4, -0.2) is 20.8 Å². The molecular formula is C22H24N2O4. The Morgan fingerprint density at radius 1 is 0.857 bits per heavy atom. The maximum atomic E-state index is 12.7. The molecule has 1 N–H and O–H groups in total. The molecule has 0 aliphatic carbocycles. The second kappa shape index (κ2) is 10.4. The average molecular weight is 380 g/mol. The minimum Gasteiger partial charge on any atom is -0.392 e. The minimum absolute atomic E-state index is 0.102. The van der Waals surface area contributed by atoms with Crippen LogP contribution in [0.15, 0.2) is 77.7 Å². The summed E-state index contributed by atoms with van der Waals surface area (Å²) in [7, 11) is 0. The SMILES string of the molecule is O=c1n(COCc2ccccc2)cc(/C=C/CO)n1COCc1ccccc1. The van der Waals surface area contributed by atoms with Gasteiger partial charge in [-0.1, -0.05) is 66.7 Å². The fourth-order valence-corrected chi connectivity index (χ4v) is 2.74. The molecule has 3 aromatic rings. The number of ether oxygens (including phenoxy) is 2. The maximum Gasteiger partial charge on any atom is 0.332 e. The van der Waals surface area contributed by atoms with Gasteiger partial charge in [-0.3, -0.25) is 9.13 Å². The van der Waals surface area contributed by atoms with Crippen molar-refractivity contribution >= 4 is 6.08 Å². The molecule has 6 nitrogen and oxygen atoms in total. The Morgan fingerprint density at radius 2 is 1.43 bits per heavy atom. The zero-order valence-electron chi connectivity index (χ0n) is 15.6. The molecule has 0 radical (unpaired) electrons. The van der Waals surface area contributed by atoms with Gasteiger partial charge in [0.05, 0.1) is 25.5 Å². The van der Waals surface area contributed by atoms with E-state index in [4.69, 9.17) is 14.6 Å². The summed E-state index contributed by atoms with van der Waals surface area (Å²) in [4.78, 5) is 12.7. The van der Waals surface area contributed by atoms with Crippen molar-refractivity contribution in [3.63, 3.8) is 0 Å². The largest absolute Gasteiger partial charge is 0.392 e. The van der Waals surface area contributed by atoms with Crippen molar-refractivity contribution in [2.75, 3.05) is 6.61 Å². The quantitative estimate of drug-likeness (QED) is 0.587. The molecule has 2 aromatic carbocycles. The topological polar surface area (TPSA) is 65.6 Å². The molecule has 6 heteroatoms. The van der Waals surface area contributed by atoms with Crippen molar-refractivity contribution in [3.8, 4) is 0 Å². The zero-order chi connectivity index (χ0) is 19.6. The van der Waals surface area contributed by atoms with E-state index >= 15 is 0 Å². The van der Waals surface area contributed by atoms with Crippen LogP contribution in [0.4, 0.5) is 0 Å². The lowest BCUT2D eigenvalue weighted by molar-refractivity contribution is 0.0509. The summed E-state index contributed by atoms with van der Waals surface area (Å²) >= 11 is 0. The summed E-state index contributed by atoms with van der Waals surface area (Å²) < 4.78 is 14.4. The first-order valence-electron chi connectivity index (χ1n) is 9.08. The third-order valence-corrected chi connectivity index (χ3v) is 4.14. The van der Waals surface area contributed by atoms with Gasteiger partial charge in [0.25, 0.3) is 0 Å². The molecule has 0 aliphatic heterocycles. The van der Waals surface area contributed by atoms with Crippen LogP contribution in [-0.2, 0) is 36.1 Å². The number of aromatic nitrogens is 2. The highest BCUT2D eigenvalue weighted by Gasteiger charge is 2.10. The smallest absolute Gasteiger partial charge is 0.332 e. The van der Waals surface area contributed by atoms with Crippen LogP contribution in [0, 0.1) is 0 Å². The van der Waals surface area contributed by atoms with E-state index in [1.807, 2.05) is 60.7 Å². The molecule has 28 heavy (non-hydrogen) atoms. The van der Waals surface area contributed by atoms with Gasteiger partial charge in [-0.2, -0.15) is 0 Å². The molecule has 0 aliphatic rings. The molecule has 0 atom stereocenters. The molecular weight excluding hydrogens is 356 g/mol. The zero-order valence-corrected chi connectivity index (χ0v) is 15.6. The first-order chi connectivity index (χ1) is 13.8. The highest BCUT2D eigenvalue weighted by molar-refractivity contribution is 5.44. The molecule has 1 heterocycles. The van der Waals surface area contributed by atoms with E-state index in [2.05, 4.69) is 0 Å². The highest BCUT2D eigenvalue weighted by atomic mass is 16.5. The number of aliphatic hydroxyl groups is 1. The average Bonchev–Trinajstić information content (AvgIpc) is 3.03. The maximum absolute atomic E-state index is 12.7. The van der Waals surface area contributed by atoms with E-state index in [1.54, 1.807) is 18.3 Å². The van der Waals surface area contributed by atoms with E-state index in [9.17, 15) is 4.79 Å². The highest BCUT2D eigenvalue weighted by Crippen LogP contribution is 2.06. The van der Waals surface area contributed by atoms with Crippen LogP contribution in [0.2, 0.25) is 0 Å². The van der Waals surface area contributed by atoms with Crippen LogP contribution in [0.3, 0.4) is 0 Å². The summed E-state index contributed by atoms with van der Waals surface area (Å²) in [6.07, 6.45) is 4.98. The number of nitrogens with zero attached hydrogens (tertiary/aromatic N) is 2. The Balaban J connectivity index is 1.65. The van der Waals surface area contributed by atoms with Gasteiger partial charge in [0.2, 0.25) is 0 Å². The summed E-state index contributed by atoms with van der Waals surface area (Å²) in [6.45, 7) is 0.982. The Labute approximate surface area is 163 Å². The van der Waals surface area contributed by atoms with E-state index < -0.39 is 0 Å². The second-order valence-corrected chi connectivity index (χ2v) is 6.25. The van der Waals surface area contributed by atoms with Gasteiger partial charge < -0.3 is 14.6 Å². The normalized spacial score (nSPS) is 11.3. The van der Waals surface area contributed by atoms with Crippen molar-refractivity contribution in [2.24, 2.45) is 0 Å². The van der Waals surface area contributed by atoms with Crippen LogP contribution in [0.5, 0.6) is 0 Å². The fraction of sp³-hybridized carbons (Fsp3) is 0.227. The van der Waals surface area contributed by atoms with E-state index in [0.717, 1.165) is 11.1 Å². The summed E-state index contributed by atoms with van der Waals surface area (Å²) in [5.41, 5.74) is 2.50. The molecule has 0 saturated carbocycles. The molecule has 1 aromatic heterocycles. The lowest BCUT2D eigenvalue weighted by Crippen LogP contribution is -2.26. The number of hydrogen-bond donors (Lipinski definition) is 1. The monoisotopic (exact) mass is 380 g/mol. The second-order valence-electron chi connectivity index (χ2n) is 6.25. The van der Waals surface area contributed by atoms with Gasteiger partial charge in [-0.05, 0) is 17.2 Å². The third kappa shape index (κ3) is 5.53. The number of hydrogen-bond acceptors (Lipinski definition) is 4. The van der Waals surface area contributed by atoms with Crippen LogP contribution < -0.4 is 5.69 Å². The Kier molecular flexibility index (Phi) is 7.37. The van der Waals surface area contributed by atoms with E-state index in [-0.39, 0.29) is 25.8 Å². The van der Waals surface area contributed by atoms with Gasteiger partial charge in [0, 0.05) is 6.20 Å². The van der Waals surface area contributed by atoms with Gasteiger partial charge in [0.1, 0.15) is 13.5 Å². The van der Waals surface area contributed by atoms with Crippen molar-refractivity contribution in [1.29, 1.82) is 0 Å². The molecule has 0 bridgehead atoms. The molecule has 0 spiro atoms. The Morgan fingerprint density at radius 3 is 2.00 bits per heavy atom. The number of benzene rings is 2. The van der Waals surface area contributed by atoms with Gasteiger partial charge in [-0.15, -0.1) is 0 Å². The first-order valence-corrected chi connectivity index (χ1v) is 9.08. The van der Waals surface area contributed by atoms with Crippen molar-refractivity contribution in [2.45, 2.75) is 26.7 Å². The third-order valence-electron chi connectivity index (χ3n) is 4.14. The van der Waals surface area contributed by atoms with Gasteiger partial charge in [0.15, 0.2) is 0 Å². The molecule has 0 amide bonds. The first kappa shape index (κ1) is 19.8. The summed E-state index contributed by atoms with van der Waals surface area (Å²) in [6, 6.07) is 19.6. The fourth-order valence-electron chi connectivity index (χ4n) is 2.74. The molecule has 3 rings (SSSR count). The van der Waals surface area contributed by atoms with Crippen molar-refractivity contribution in [1.82, 2.24) is 9.13 Å². The lowest BCUT2D eigenvalue weighted by Gasteiger charge is -2.07. The number of imidazole rings is 1. The predicted octanol–water partition coefficient (Wildman–Crippen LogP) is 3.00. The molecule has 0 unspecified atom stereocenters. The van der Waals surface area contributed by atoms with Crippen molar-refractivity contribution < 1.29 is 14.6 Å². The number of rotatable bonds is 10. The predicted molar refractivity (Wildman–Crippen MR) is 107 cm³/mol. The van der Waals surface area contributed by atoms with Crippen LogP contribution in [0.1, 0.15) is 16.8 Å². The van der Waals surface area contributed by atoms with Crippen molar-refractivity contribution in [3.05, 3.63) is 100 Å². The van der Waals surface area contributed by atoms with E-state index in [0.29, 0.717) is 18.9 Å². The summed E-state index contributed by atoms with van der Waals surface area (Å²) in [5, 5.41) is 9.05. The van der Waals surface area contributed by atoms with E-state index in [1.165, 1.54) is 9.13 Å². The molecule has 146 valence electrons. The Bertz CT molecular complexity index is 930. The van der Waals surface area contributed by atoms with Crippen LogP contribution >= 0.6 is 0 Å². The summed E-state index contributed by atoms with van der Waals surface area (Å²) in [5.74, 6) is 0. The van der Waals surface area contributed by atoms with Crippen LogP contribution in [0.25, 0.3) is 6.08 Å². The standard InChI is InChI=1S/C22H24N2O4/c25-13-7-12-21-14-23(17-27-15-19-8-3-1-4-9-19)22(26)24(21)18-28-16-20-10-5-2-6-11-20/h1-12,14,25H,13,15-18H2/b12-7+. The Hall–Kier alpha value is -2.93. The van der Waals surface area contributed by atoms with Gasteiger partial charge in [-0.25, -0.2) is 4.79 Å². The van der Waals surface area contributed by atoms with Gasteiger partial charge >= 0.3 is 5.69 Å². The molecule has 0 fully saturated rings. The minimum atomic E-state index is -0.223.